The summed E-state index contributed by atoms with van der Waals surface area (Å²) < 4.78 is 29.5. The second-order valence-electron chi connectivity index (χ2n) is 4.63. The second-order valence-corrected chi connectivity index (χ2v) is 7.99. The summed E-state index contributed by atoms with van der Waals surface area (Å²) in [5, 5.41) is 0.655. The number of hydrogen-bond donors (Lipinski definition) is 0. The Hall–Kier alpha value is -1.40. The molecule has 2 aromatic rings. The van der Waals surface area contributed by atoms with Crippen LogP contribution in [0, 0.1) is 13.8 Å². The molecule has 0 N–H and O–H groups in total. The van der Waals surface area contributed by atoms with E-state index in [2.05, 4.69) is 4.98 Å². The summed E-state index contributed by atoms with van der Waals surface area (Å²) in [7, 11) is -1.66. The molecule has 1 aromatic carbocycles. The summed E-state index contributed by atoms with van der Waals surface area (Å²) in [6.45, 7) is 3.84. The van der Waals surface area contributed by atoms with Crippen LogP contribution in [0.4, 0.5) is 0 Å². The maximum atomic E-state index is 12.2. The highest BCUT2D eigenvalue weighted by molar-refractivity contribution is 7.89. The molecule has 0 saturated carbocycles. The van der Waals surface area contributed by atoms with Crippen molar-refractivity contribution in [2.75, 3.05) is 7.11 Å². The molecule has 0 atom stereocenters. The molecule has 0 fully saturated rings. The zero-order valence-corrected chi connectivity index (χ0v) is 13.3. The molecule has 0 spiro atoms. The van der Waals surface area contributed by atoms with Crippen molar-refractivity contribution in [3.8, 4) is 5.75 Å². The third kappa shape index (κ3) is 3.80. The van der Waals surface area contributed by atoms with Gasteiger partial charge < -0.3 is 4.74 Å². The molecule has 1 heterocycles. The molecule has 20 heavy (non-hydrogen) atoms. The lowest BCUT2D eigenvalue weighted by Crippen LogP contribution is -2.07. The van der Waals surface area contributed by atoms with E-state index in [1.165, 1.54) is 11.3 Å². The maximum Gasteiger partial charge on any atom is 0.160 e. The number of methoxy groups -OCH3 is 1. The van der Waals surface area contributed by atoms with Crippen LogP contribution in [0.5, 0.6) is 5.75 Å². The van der Waals surface area contributed by atoms with E-state index in [1.54, 1.807) is 31.4 Å². The van der Waals surface area contributed by atoms with Gasteiger partial charge in [0.05, 0.1) is 18.6 Å². The van der Waals surface area contributed by atoms with E-state index >= 15 is 0 Å². The first-order chi connectivity index (χ1) is 9.39. The minimum absolute atomic E-state index is 0.00186. The molecule has 6 heteroatoms. The van der Waals surface area contributed by atoms with Crippen molar-refractivity contribution in [3.63, 3.8) is 0 Å². The largest absolute Gasteiger partial charge is 0.497 e. The van der Waals surface area contributed by atoms with Gasteiger partial charge in [0.25, 0.3) is 0 Å². The van der Waals surface area contributed by atoms with Gasteiger partial charge in [0.2, 0.25) is 0 Å². The van der Waals surface area contributed by atoms with E-state index < -0.39 is 9.84 Å². The lowest BCUT2D eigenvalue weighted by atomic mass is 10.2. The molecule has 0 saturated heterocycles. The Balaban J connectivity index is 2.14. The summed E-state index contributed by atoms with van der Waals surface area (Å²) in [6.07, 6.45) is 0. The Morgan fingerprint density at radius 2 is 2.00 bits per heavy atom. The highest BCUT2D eigenvalue weighted by atomic mass is 32.2. The fourth-order valence-corrected chi connectivity index (χ4v) is 4.59. The average Bonchev–Trinajstić information content (AvgIpc) is 2.66. The van der Waals surface area contributed by atoms with Crippen molar-refractivity contribution in [1.82, 2.24) is 4.98 Å². The van der Waals surface area contributed by atoms with E-state index in [0.29, 0.717) is 10.8 Å². The molecule has 108 valence electrons. The second kappa shape index (κ2) is 5.93. The third-order valence-electron chi connectivity index (χ3n) is 2.94. The number of aryl methyl sites for hydroxylation is 2. The molecule has 1 aromatic heterocycles. The van der Waals surface area contributed by atoms with Crippen LogP contribution < -0.4 is 4.74 Å². The minimum Gasteiger partial charge on any atom is -0.497 e. The quantitative estimate of drug-likeness (QED) is 0.852. The first-order valence-corrected chi connectivity index (χ1v) is 8.79. The van der Waals surface area contributed by atoms with Gasteiger partial charge in [0, 0.05) is 4.88 Å². The molecule has 0 aliphatic heterocycles. The van der Waals surface area contributed by atoms with Crippen molar-refractivity contribution in [2.24, 2.45) is 0 Å². The van der Waals surface area contributed by atoms with Gasteiger partial charge in [-0.15, -0.1) is 11.3 Å². The summed E-state index contributed by atoms with van der Waals surface area (Å²) in [5.74, 6) is 0.657. The molecule has 2 rings (SSSR count). The van der Waals surface area contributed by atoms with Crippen LogP contribution in [0.15, 0.2) is 24.3 Å². The lowest BCUT2D eigenvalue weighted by Gasteiger charge is -2.05. The van der Waals surface area contributed by atoms with Crippen LogP contribution in [-0.2, 0) is 21.3 Å². The number of rotatable bonds is 5. The highest BCUT2D eigenvalue weighted by Gasteiger charge is 2.16. The molecule has 0 aliphatic carbocycles. The summed E-state index contributed by atoms with van der Waals surface area (Å²) >= 11 is 1.44. The van der Waals surface area contributed by atoms with Crippen LogP contribution in [0.1, 0.15) is 21.1 Å². The lowest BCUT2D eigenvalue weighted by molar-refractivity contribution is 0.414. The van der Waals surface area contributed by atoms with Crippen molar-refractivity contribution in [2.45, 2.75) is 25.4 Å². The van der Waals surface area contributed by atoms with Crippen LogP contribution in [0.3, 0.4) is 0 Å². The Labute approximate surface area is 123 Å². The number of sulfone groups is 1. The Bertz CT molecular complexity index is 685. The first-order valence-electron chi connectivity index (χ1n) is 6.16. The monoisotopic (exact) mass is 311 g/mol. The van der Waals surface area contributed by atoms with Crippen LogP contribution in [0.25, 0.3) is 0 Å². The number of thiazole rings is 1. The Morgan fingerprint density at radius 3 is 2.60 bits per heavy atom. The number of aromatic nitrogens is 1. The van der Waals surface area contributed by atoms with E-state index in [9.17, 15) is 8.42 Å². The van der Waals surface area contributed by atoms with Gasteiger partial charge in [0.15, 0.2) is 9.84 Å². The molecule has 0 unspecified atom stereocenters. The highest BCUT2D eigenvalue weighted by Crippen LogP contribution is 2.21. The zero-order chi connectivity index (χ0) is 14.8. The predicted octanol–water partition coefficient (Wildman–Crippen LogP) is 2.88. The van der Waals surface area contributed by atoms with Crippen molar-refractivity contribution in [1.29, 1.82) is 0 Å². The Kier molecular flexibility index (Phi) is 4.45. The van der Waals surface area contributed by atoms with E-state index in [0.717, 1.165) is 16.1 Å². The van der Waals surface area contributed by atoms with Gasteiger partial charge in [-0.05, 0) is 31.5 Å². The smallest absolute Gasteiger partial charge is 0.160 e. The van der Waals surface area contributed by atoms with Crippen molar-refractivity contribution >= 4 is 21.2 Å². The number of benzene rings is 1. The van der Waals surface area contributed by atoms with Gasteiger partial charge in [0.1, 0.15) is 16.5 Å². The van der Waals surface area contributed by atoms with Gasteiger partial charge in [-0.25, -0.2) is 13.4 Å². The molecule has 0 radical (unpaired) electrons. The fraction of sp³-hybridized carbons (Fsp3) is 0.357. The molecular weight excluding hydrogens is 294 g/mol. The topological polar surface area (TPSA) is 56.3 Å². The van der Waals surface area contributed by atoms with Gasteiger partial charge in [-0.2, -0.15) is 0 Å². The molecule has 0 aliphatic rings. The van der Waals surface area contributed by atoms with Crippen LogP contribution in [-0.4, -0.2) is 20.5 Å². The summed E-state index contributed by atoms with van der Waals surface area (Å²) in [4.78, 5) is 5.35. The van der Waals surface area contributed by atoms with E-state index in [-0.39, 0.29) is 11.5 Å². The fourth-order valence-electron chi connectivity index (χ4n) is 1.86. The number of nitrogens with zero attached hydrogens (tertiary/aromatic N) is 1. The minimum atomic E-state index is -3.22. The SMILES string of the molecule is COc1cccc(CS(=O)(=O)Cc2nc(C)c(C)s2)c1. The molecule has 0 bridgehead atoms. The van der Waals surface area contributed by atoms with Gasteiger partial charge in [-0.3, -0.25) is 0 Å². The number of ether oxygens (including phenoxy) is 1. The summed E-state index contributed by atoms with van der Waals surface area (Å²) in [6, 6.07) is 7.12. The average molecular weight is 311 g/mol. The number of hydrogen-bond acceptors (Lipinski definition) is 5. The zero-order valence-electron chi connectivity index (χ0n) is 11.7. The Morgan fingerprint density at radius 1 is 1.25 bits per heavy atom. The van der Waals surface area contributed by atoms with E-state index in [4.69, 9.17) is 4.74 Å². The van der Waals surface area contributed by atoms with Gasteiger partial charge >= 0.3 is 0 Å². The molecule has 0 amide bonds. The molecular formula is C14H17NO3S2. The van der Waals surface area contributed by atoms with E-state index in [1.807, 2.05) is 13.8 Å². The third-order valence-corrected chi connectivity index (χ3v) is 5.68. The predicted molar refractivity (Wildman–Crippen MR) is 80.9 cm³/mol. The standard InChI is InChI=1S/C14H17NO3S2/c1-10-11(2)19-14(15-10)9-20(16,17)8-12-5-4-6-13(7-12)18-3/h4-7H,8-9H2,1-3H3. The van der Waals surface area contributed by atoms with Crippen LogP contribution in [0.2, 0.25) is 0 Å². The molecule has 4 nitrogen and oxygen atoms in total. The van der Waals surface area contributed by atoms with Gasteiger partial charge in [-0.1, -0.05) is 12.1 Å². The normalized spacial score (nSPS) is 11.6. The first kappa shape index (κ1) is 15.0. The van der Waals surface area contributed by atoms with Crippen LogP contribution >= 0.6 is 11.3 Å². The van der Waals surface area contributed by atoms with Crippen molar-refractivity contribution in [3.05, 3.63) is 45.4 Å². The van der Waals surface area contributed by atoms with Crippen molar-refractivity contribution < 1.29 is 13.2 Å². The maximum absolute atomic E-state index is 12.2. The summed E-state index contributed by atoms with van der Waals surface area (Å²) in [5.41, 5.74) is 1.64.